The monoisotopic (exact) mass is 264 g/mol. The van der Waals surface area contributed by atoms with E-state index >= 15 is 0 Å². The topological polar surface area (TPSA) is 94.7 Å². The summed E-state index contributed by atoms with van der Waals surface area (Å²) in [5, 5.41) is 10.8. The van der Waals surface area contributed by atoms with Gasteiger partial charge in [0, 0.05) is 19.6 Å². The molecule has 0 aliphatic rings. The maximum Gasteiger partial charge on any atom is 0.332 e. The van der Waals surface area contributed by atoms with Crippen molar-refractivity contribution in [3.63, 3.8) is 0 Å². The van der Waals surface area contributed by atoms with E-state index in [0.717, 1.165) is 4.57 Å². The molecular formula is C11H16N6O2. The summed E-state index contributed by atoms with van der Waals surface area (Å²) in [5.41, 5.74) is -0.896. The van der Waals surface area contributed by atoms with Crippen LogP contribution in [0.5, 0.6) is 0 Å². The molecule has 0 spiro atoms. The van der Waals surface area contributed by atoms with Gasteiger partial charge in [-0.2, -0.15) is 4.98 Å². The Morgan fingerprint density at radius 3 is 2.26 bits per heavy atom. The molecular weight excluding hydrogens is 248 g/mol. The minimum atomic E-state index is -0.500. The molecule has 0 radical (unpaired) electrons. The van der Waals surface area contributed by atoms with Crippen LogP contribution >= 0.6 is 0 Å². The molecule has 2 heterocycles. The summed E-state index contributed by atoms with van der Waals surface area (Å²) in [4.78, 5) is 27.9. The first-order valence-corrected chi connectivity index (χ1v) is 5.79. The smallest absolute Gasteiger partial charge is 0.332 e. The molecule has 19 heavy (non-hydrogen) atoms. The molecule has 0 amide bonds. The van der Waals surface area contributed by atoms with Gasteiger partial charge in [-0.3, -0.25) is 13.9 Å². The molecule has 8 nitrogen and oxygen atoms in total. The number of rotatable bonds is 1. The zero-order valence-electron chi connectivity index (χ0n) is 11.6. The zero-order chi connectivity index (χ0) is 14.4. The normalized spacial score (nSPS) is 11.8. The first-order valence-electron chi connectivity index (χ1n) is 5.79. The zero-order valence-corrected chi connectivity index (χ0v) is 11.6. The van der Waals surface area contributed by atoms with Crippen molar-refractivity contribution in [2.75, 3.05) is 5.32 Å². The second kappa shape index (κ2) is 4.15. The molecule has 0 aromatic carbocycles. The standard InChI is InChI=1S/C11H16N6O2/c1-11(2,3)13-9-12-7-6(14-15-9)8(18)17(5)10(19)16(7)4/h1-5H3,(H,12,13,15). The summed E-state index contributed by atoms with van der Waals surface area (Å²) >= 11 is 0. The number of aromatic nitrogens is 5. The minimum Gasteiger partial charge on any atom is -0.348 e. The lowest BCUT2D eigenvalue weighted by atomic mass is 10.1. The van der Waals surface area contributed by atoms with Gasteiger partial charge in [0.2, 0.25) is 5.95 Å². The number of aryl methyl sites for hydroxylation is 1. The lowest BCUT2D eigenvalue weighted by Crippen LogP contribution is -2.38. The highest BCUT2D eigenvalue weighted by molar-refractivity contribution is 5.69. The molecule has 2 aromatic rings. The van der Waals surface area contributed by atoms with Crippen molar-refractivity contribution in [1.29, 1.82) is 0 Å². The number of hydrogen-bond acceptors (Lipinski definition) is 6. The van der Waals surface area contributed by atoms with Crippen molar-refractivity contribution in [3.8, 4) is 0 Å². The van der Waals surface area contributed by atoms with Gasteiger partial charge in [-0.25, -0.2) is 4.79 Å². The highest BCUT2D eigenvalue weighted by Gasteiger charge is 2.15. The summed E-state index contributed by atoms with van der Waals surface area (Å²) in [6.45, 7) is 5.84. The summed E-state index contributed by atoms with van der Waals surface area (Å²) < 4.78 is 2.26. The van der Waals surface area contributed by atoms with E-state index in [1.165, 1.54) is 11.6 Å². The Balaban J connectivity index is 2.74. The molecule has 0 aliphatic heterocycles. The number of nitrogens with one attached hydrogen (secondary N) is 1. The minimum absolute atomic E-state index is 0.0732. The molecule has 1 N–H and O–H groups in total. The Hall–Kier alpha value is -2.25. The first-order chi connectivity index (χ1) is 8.70. The third-order valence-corrected chi connectivity index (χ3v) is 2.55. The number of hydrogen-bond donors (Lipinski definition) is 1. The molecule has 102 valence electrons. The van der Waals surface area contributed by atoms with Crippen LogP contribution in [-0.2, 0) is 14.1 Å². The van der Waals surface area contributed by atoms with Crippen molar-refractivity contribution < 1.29 is 0 Å². The van der Waals surface area contributed by atoms with Crippen molar-refractivity contribution in [1.82, 2.24) is 24.3 Å². The predicted molar refractivity (Wildman–Crippen MR) is 71.2 cm³/mol. The summed E-state index contributed by atoms with van der Waals surface area (Å²) in [6, 6.07) is 0. The van der Waals surface area contributed by atoms with Gasteiger partial charge in [0.1, 0.15) is 0 Å². The van der Waals surface area contributed by atoms with Gasteiger partial charge >= 0.3 is 5.69 Å². The van der Waals surface area contributed by atoms with Gasteiger partial charge in [-0.15, -0.1) is 10.2 Å². The van der Waals surface area contributed by atoms with Crippen LogP contribution < -0.4 is 16.6 Å². The van der Waals surface area contributed by atoms with Crippen LogP contribution in [0.15, 0.2) is 9.59 Å². The molecule has 2 rings (SSSR count). The van der Waals surface area contributed by atoms with Gasteiger partial charge in [0.15, 0.2) is 11.2 Å². The molecule has 0 saturated heterocycles. The van der Waals surface area contributed by atoms with Crippen LogP contribution in [0.1, 0.15) is 20.8 Å². The highest BCUT2D eigenvalue weighted by Crippen LogP contribution is 2.10. The van der Waals surface area contributed by atoms with Crippen molar-refractivity contribution in [2.45, 2.75) is 26.3 Å². The fraction of sp³-hybridized carbons (Fsp3) is 0.545. The second-order valence-electron chi connectivity index (χ2n) is 5.39. The molecule has 0 bridgehead atoms. The molecule has 2 aromatic heterocycles. The summed E-state index contributed by atoms with van der Waals surface area (Å²) in [7, 11) is 2.94. The van der Waals surface area contributed by atoms with Crippen molar-refractivity contribution in [3.05, 3.63) is 20.8 Å². The lowest BCUT2D eigenvalue weighted by Gasteiger charge is -2.20. The van der Waals surface area contributed by atoms with Gasteiger partial charge in [0.25, 0.3) is 5.56 Å². The molecule has 8 heteroatoms. The van der Waals surface area contributed by atoms with Crippen LogP contribution in [0, 0.1) is 0 Å². The van der Waals surface area contributed by atoms with Crippen molar-refractivity contribution in [2.24, 2.45) is 14.1 Å². The Kier molecular flexibility index (Phi) is 2.88. The van der Waals surface area contributed by atoms with Crippen LogP contribution in [0.25, 0.3) is 11.2 Å². The molecule has 0 fully saturated rings. The summed E-state index contributed by atoms with van der Waals surface area (Å²) in [5.74, 6) is 0.281. The largest absolute Gasteiger partial charge is 0.348 e. The SMILES string of the molecule is Cn1c(=O)c2nnc(NC(C)(C)C)nc2n(C)c1=O. The first kappa shape index (κ1) is 13.2. The molecule has 0 saturated carbocycles. The quantitative estimate of drug-likeness (QED) is 0.755. The fourth-order valence-corrected chi connectivity index (χ4v) is 1.64. The van der Waals surface area contributed by atoms with Gasteiger partial charge in [0.05, 0.1) is 0 Å². The fourth-order valence-electron chi connectivity index (χ4n) is 1.64. The highest BCUT2D eigenvalue weighted by atomic mass is 16.2. The predicted octanol–water partition coefficient (Wildman–Crippen LogP) is -0.367. The summed E-state index contributed by atoms with van der Waals surface area (Å²) in [6.07, 6.45) is 0. The van der Waals surface area contributed by atoms with E-state index in [4.69, 9.17) is 0 Å². The van der Waals surface area contributed by atoms with Gasteiger partial charge in [-0.1, -0.05) is 0 Å². The Labute approximate surface area is 109 Å². The average molecular weight is 264 g/mol. The van der Waals surface area contributed by atoms with E-state index in [-0.39, 0.29) is 22.7 Å². The van der Waals surface area contributed by atoms with E-state index in [1.807, 2.05) is 20.8 Å². The maximum atomic E-state index is 11.9. The number of fused-ring (bicyclic) bond motifs is 1. The van der Waals surface area contributed by atoms with Crippen LogP contribution in [0.4, 0.5) is 5.95 Å². The molecule has 0 aliphatic carbocycles. The van der Waals surface area contributed by atoms with Crippen LogP contribution in [0.3, 0.4) is 0 Å². The Morgan fingerprint density at radius 2 is 1.68 bits per heavy atom. The van der Waals surface area contributed by atoms with E-state index < -0.39 is 11.2 Å². The third kappa shape index (κ3) is 2.33. The van der Waals surface area contributed by atoms with E-state index in [1.54, 1.807) is 7.05 Å². The van der Waals surface area contributed by atoms with Crippen LogP contribution in [-0.4, -0.2) is 29.9 Å². The lowest BCUT2D eigenvalue weighted by molar-refractivity contribution is 0.622. The number of nitrogens with zero attached hydrogens (tertiary/aromatic N) is 5. The van der Waals surface area contributed by atoms with Gasteiger partial charge in [-0.05, 0) is 20.8 Å². The van der Waals surface area contributed by atoms with E-state index in [0.29, 0.717) is 0 Å². The average Bonchev–Trinajstić information content (AvgIpc) is 2.31. The molecule has 0 unspecified atom stereocenters. The van der Waals surface area contributed by atoms with Crippen LogP contribution in [0.2, 0.25) is 0 Å². The molecule has 0 atom stereocenters. The number of anilines is 1. The van der Waals surface area contributed by atoms with Gasteiger partial charge < -0.3 is 5.32 Å². The van der Waals surface area contributed by atoms with E-state index in [2.05, 4.69) is 20.5 Å². The third-order valence-electron chi connectivity index (χ3n) is 2.55. The Morgan fingerprint density at radius 1 is 1.05 bits per heavy atom. The maximum absolute atomic E-state index is 11.9. The Bertz CT molecular complexity index is 753. The van der Waals surface area contributed by atoms with E-state index in [9.17, 15) is 9.59 Å². The van der Waals surface area contributed by atoms with Crippen molar-refractivity contribution >= 4 is 17.1 Å². The second-order valence-corrected chi connectivity index (χ2v) is 5.39.